The van der Waals surface area contributed by atoms with E-state index in [-0.39, 0.29) is 5.91 Å². The number of ether oxygens (including phenoxy) is 1. The van der Waals surface area contributed by atoms with Crippen LogP contribution in [0.1, 0.15) is 17.5 Å². The van der Waals surface area contributed by atoms with Gasteiger partial charge in [-0.3, -0.25) is 4.79 Å². The Labute approximate surface area is 129 Å². The first-order chi connectivity index (χ1) is 10.2. The fourth-order valence-corrected chi connectivity index (χ4v) is 2.31. The van der Waals surface area contributed by atoms with Gasteiger partial charge in [-0.1, -0.05) is 41.9 Å². The number of amides is 1. The molecule has 2 aromatic carbocycles. The molecule has 0 spiro atoms. The maximum atomic E-state index is 11.9. The third-order valence-corrected chi connectivity index (χ3v) is 3.43. The Morgan fingerprint density at radius 2 is 2.00 bits per heavy atom. The normalized spacial score (nSPS) is 10.2. The van der Waals surface area contributed by atoms with E-state index in [4.69, 9.17) is 16.3 Å². The van der Waals surface area contributed by atoms with Crippen molar-refractivity contribution >= 4 is 17.5 Å². The number of rotatable bonds is 6. The van der Waals surface area contributed by atoms with E-state index >= 15 is 0 Å². The lowest BCUT2D eigenvalue weighted by molar-refractivity contribution is -0.121. The van der Waals surface area contributed by atoms with Gasteiger partial charge in [0, 0.05) is 18.0 Å². The highest BCUT2D eigenvalue weighted by Crippen LogP contribution is 2.18. The van der Waals surface area contributed by atoms with Gasteiger partial charge in [0.05, 0.1) is 7.11 Å². The van der Waals surface area contributed by atoms with E-state index in [1.54, 1.807) is 7.11 Å². The SMILES string of the molecule is COc1ccccc1CCC(=O)NCc1cccc(Cl)c1. The van der Waals surface area contributed by atoms with Crippen LogP contribution in [-0.4, -0.2) is 13.0 Å². The minimum atomic E-state index is 0.0147. The number of carbonyl (C=O) groups is 1. The molecule has 110 valence electrons. The van der Waals surface area contributed by atoms with Crippen LogP contribution in [0.25, 0.3) is 0 Å². The van der Waals surface area contributed by atoms with Crippen LogP contribution in [0.3, 0.4) is 0 Å². The zero-order valence-corrected chi connectivity index (χ0v) is 12.7. The second-order valence-electron chi connectivity index (χ2n) is 4.72. The molecule has 3 nitrogen and oxygen atoms in total. The molecule has 0 aliphatic carbocycles. The number of methoxy groups -OCH3 is 1. The van der Waals surface area contributed by atoms with Crippen LogP contribution in [0.5, 0.6) is 5.75 Å². The molecule has 0 unspecified atom stereocenters. The van der Waals surface area contributed by atoms with Crippen LogP contribution in [-0.2, 0) is 17.8 Å². The van der Waals surface area contributed by atoms with E-state index in [0.717, 1.165) is 16.9 Å². The van der Waals surface area contributed by atoms with Crippen molar-refractivity contribution < 1.29 is 9.53 Å². The number of hydrogen-bond acceptors (Lipinski definition) is 2. The molecule has 2 rings (SSSR count). The van der Waals surface area contributed by atoms with Gasteiger partial charge >= 0.3 is 0 Å². The summed E-state index contributed by atoms with van der Waals surface area (Å²) in [5, 5.41) is 3.57. The summed E-state index contributed by atoms with van der Waals surface area (Å²) in [5.41, 5.74) is 2.03. The van der Waals surface area contributed by atoms with Gasteiger partial charge in [0.1, 0.15) is 5.75 Å². The van der Waals surface area contributed by atoms with Crippen molar-refractivity contribution in [1.29, 1.82) is 0 Å². The number of carbonyl (C=O) groups excluding carboxylic acids is 1. The predicted molar refractivity (Wildman–Crippen MR) is 84.6 cm³/mol. The number of hydrogen-bond donors (Lipinski definition) is 1. The van der Waals surface area contributed by atoms with Gasteiger partial charge in [0.15, 0.2) is 0 Å². The van der Waals surface area contributed by atoms with E-state index in [1.807, 2.05) is 48.5 Å². The van der Waals surface area contributed by atoms with Crippen molar-refractivity contribution in [2.24, 2.45) is 0 Å². The molecule has 0 saturated carbocycles. The van der Waals surface area contributed by atoms with Crippen molar-refractivity contribution in [1.82, 2.24) is 5.32 Å². The number of nitrogens with one attached hydrogen (secondary N) is 1. The molecule has 1 amide bonds. The van der Waals surface area contributed by atoms with Crippen LogP contribution in [0, 0.1) is 0 Å². The topological polar surface area (TPSA) is 38.3 Å². The van der Waals surface area contributed by atoms with Crippen LogP contribution in [0.2, 0.25) is 5.02 Å². The molecule has 4 heteroatoms. The standard InChI is InChI=1S/C17H18ClNO2/c1-21-16-8-3-2-6-14(16)9-10-17(20)19-12-13-5-4-7-15(18)11-13/h2-8,11H,9-10,12H2,1H3,(H,19,20). The van der Waals surface area contributed by atoms with Gasteiger partial charge in [-0.15, -0.1) is 0 Å². The third kappa shape index (κ3) is 4.80. The van der Waals surface area contributed by atoms with Crippen molar-refractivity contribution in [2.75, 3.05) is 7.11 Å². The first kappa shape index (κ1) is 15.4. The number of halogens is 1. The summed E-state index contributed by atoms with van der Waals surface area (Å²) in [6.45, 7) is 0.491. The molecular formula is C17H18ClNO2. The average Bonchev–Trinajstić information content (AvgIpc) is 2.51. The zero-order valence-electron chi connectivity index (χ0n) is 11.9. The molecule has 0 aliphatic rings. The Bertz CT molecular complexity index is 613. The smallest absolute Gasteiger partial charge is 0.220 e. The van der Waals surface area contributed by atoms with Gasteiger partial charge in [-0.05, 0) is 35.7 Å². The summed E-state index contributed by atoms with van der Waals surface area (Å²) < 4.78 is 5.27. The van der Waals surface area contributed by atoms with Gasteiger partial charge < -0.3 is 10.1 Å². The van der Waals surface area contributed by atoms with Crippen LogP contribution < -0.4 is 10.1 Å². The molecular weight excluding hydrogens is 286 g/mol. The molecule has 0 radical (unpaired) electrons. The highest BCUT2D eigenvalue weighted by molar-refractivity contribution is 6.30. The zero-order chi connectivity index (χ0) is 15.1. The van der Waals surface area contributed by atoms with E-state index in [1.165, 1.54) is 0 Å². The van der Waals surface area contributed by atoms with Crippen LogP contribution in [0.15, 0.2) is 48.5 Å². The van der Waals surface area contributed by atoms with Gasteiger partial charge in [-0.25, -0.2) is 0 Å². The number of benzene rings is 2. The summed E-state index contributed by atoms with van der Waals surface area (Å²) >= 11 is 5.91. The highest BCUT2D eigenvalue weighted by Gasteiger charge is 2.06. The van der Waals surface area contributed by atoms with Crippen molar-refractivity contribution in [3.8, 4) is 5.75 Å². The first-order valence-corrected chi connectivity index (χ1v) is 7.20. The molecule has 21 heavy (non-hydrogen) atoms. The Morgan fingerprint density at radius 3 is 2.76 bits per heavy atom. The summed E-state index contributed by atoms with van der Waals surface area (Å²) in [6, 6.07) is 15.2. The molecule has 2 aromatic rings. The largest absolute Gasteiger partial charge is 0.496 e. The summed E-state index contributed by atoms with van der Waals surface area (Å²) in [5.74, 6) is 0.834. The summed E-state index contributed by atoms with van der Waals surface area (Å²) in [7, 11) is 1.64. The first-order valence-electron chi connectivity index (χ1n) is 6.82. The van der Waals surface area contributed by atoms with Crippen molar-refractivity contribution in [2.45, 2.75) is 19.4 Å². The lowest BCUT2D eigenvalue weighted by Gasteiger charge is -2.09. The molecule has 0 heterocycles. The lowest BCUT2D eigenvalue weighted by atomic mass is 10.1. The second-order valence-corrected chi connectivity index (χ2v) is 5.15. The number of aryl methyl sites for hydroxylation is 1. The minimum Gasteiger partial charge on any atom is -0.496 e. The molecule has 0 atom stereocenters. The number of para-hydroxylation sites is 1. The van der Waals surface area contributed by atoms with E-state index in [2.05, 4.69) is 5.32 Å². The Hall–Kier alpha value is -2.00. The van der Waals surface area contributed by atoms with Crippen LogP contribution >= 0.6 is 11.6 Å². The van der Waals surface area contributed by atoms with Gasteiger partial charge in [0.2, 0.25) is 5.91 Å². The highest BCUT2D eigenvalue weighted by atomic mass is 35.5. The van der Waals surface area contributed by atoms with Crippen molar-refractivity contribution in [3.63, 3.8) is 0 Å². The summed E-state index contributed by atoms with van der Waals surface area (Å²) in [6.07, 6.45) is 1.09. The molecule has 0 bridgehead atoms. The minimum absolute atomic E-state index is 0.0147. The molecule has 0 aromatic heterocycles. The fourth-order valence-electron chi connectivity index (χ4n) is 2.09. The average molecular weight is 304 g/mol. The second kappa shape index (κ2) is 7.70. The molecule has 0 aliphatic heterocycles. The van der Waals surface area contributed by atoms with Gasteiger partial charge in [0.25, 0.3) is 0 Å². The third-order valence-electron chi connectivity index (χ3n) is 3.19. The van der Waals surface area contributed by atoms with E-state index in [9.17, 15) is 4.79 Å². The predicted octanol–water partition coefficient (Wildman–Crippen LogP) is 3.60. The van der Waals surface area contributed by atoms with E-state index in [0.29, 0.717) is 24.4 Å². The maximum absolute atomic E-state index is 11.9. The Kier molecular flexibility index (Phi) is 5.64. The lowest BCUT2D eigenvalue weighted by Crippen LogP contribution is -2.23. The Morgan fingerprint density at radius 1 is 1.19 bits per heavy atom. The molecule has 1 N–H and O–H groups in total. The molecule has 0 saturated heterocycles. The van der Waals surface area contributed by atoms with E-state index < -0.39 is 0 Å². The van der Waals surface area contributed by atoms with Crippen molar-refractivity contribution in [3.05, 3.63) is 64.7 Å². The quantitative estimate of drug-likeness (QED) is 0.885. The maximum Gasteiger partial charge on any atom is 0.220 e. The fraction of sp³-hybridized carbons (Fsp3) is 0.235. The Balaban J connectivity index is 1.82. The van der Waals surface area contributed by atoms with Gasteiger partial charge in [-0.2, -0.15) is 0 Å². The molecule has 0 fully saturated rings. The summed E-state index contributed by atoms with van der Waals surface area (Å²) in [4.78, 5) is 11.9. The monoisotopic (exact) mass is 303 g/mol. The van der Waals surface area contributed by atoms with Crippen LogP contribution in [0.4, 0.5) is 0 Å².